The van der Waals surface area contributed by atoms with Crippen molar-refractivity contribution in [2.75, 3.05) is 0 Å². The van der Waals surface area contributed by atoms with E-state index in [0.29, 0.717) is 17.7 Å². The van der Waals surface area contributed by atoms with Crippen molar-refractivity contribution >= 4 is 87.2 Å². The van der Waals surface area contributed by atoms with Crippen LogP contribution in [0, 0.1) is 0 Å². The van der Waals surface area contributed by atoms with Crippen LogP contribution in [0.2, 0.25) is 0 Å². The fourth-order valence-electron chi connectivity index (χ4n) is 10.3. The Bertz CT molecular complexity index is 4180. The summed E-state index contributed by atoms with van der Waals surface area (Å²) >= 11 is 0. The molecule has 0 atom stereocenters. The molecule has 0 amide bonds. The summed E-state index contributed by atoms with van der Waals surface area (Å²) in [6.07, 6.45) is 0. The number of aromatic nitrogens is 7. The summed E-state index contributed by atoms with van der Waals surface area (Å²) in [4.78, 5) is 16.4. The van der Waals surface area contributed by atoms with E-state index >= 15 is 0 Å². The molecule has 0 bridgehead atoms. The smallest absolute Gasteiger partial charge is 0.240 e. The first-order valence-electron chi connectivity index (χ1n) is 21.6. The Hall–Kier alpha value is -8.81. The zero-order valence-electron chi connectivity index (χ0n) is 34.3. The highest BCUT2D eigenvalue weighted by molar-refractivity contribution is 6.24. The number of para-hydroxylation sites is 6. The summed E-state index contributed by atoms with van der Waals surface area (Å²) in [6.45, 7) is 0. The van der Waals surface area contributed by atoms with E-state index in [-0.39, 0.29) is 0 Å². The monoisotopic (exact) mass is 817 g/mol. The van der Waals surface area contributed by atoms with Crippen LogP contribution in [0.3, 0.4) is 0 Å². The van der Waals surface area contributed by atoms with Crippen molar-refractivity contribution in [1.29, 1.82) is 0 Å². The summed E-state index contributed by atoms with van der Waals surface area (Å²) < 4.78 is 9.28. The highest BCUT2D eigenvalue weighted by Crippen LogP contribution is 2.43. The van der Waals surface area contributed by atoms with Crippen molar-refractivity contribution in [2.24, 2.45) is 0 Å². The Morgan fingerprint density at radius 3 is 1.17 bits per heavy atom. The number of hydrogen-bond acceptors (Lipinski definition) is 3. The minimum atomic E-state index is 0.542. The van der Waals surface area contributed by atoms with E-state index in [1.165, 1.54) is 10.8 Å². The van der Waals surface area contributed by atoms with Crippen molar-refractivity contribution in [2.45, 2.75) is 0 Å². The molecule has 0 saturated carbocycles. The number of fused-ring (bicyclic) bond motifs is 13. The van der Waals surface area contributed by atoms with E-state index in [0.717, 1.165) is 93.4 Å². The van der Waals surface area contributed by atoms with Crippen LogP contribution in [0.25, 0.3) is 122 Å². The maximum Gasteiger partial charge on any atom is 0.240 e. The van der Waals surface area contributed by atoms with Crippen LogP contribution >= 0.6 is 0 Å². The molecular weight excluding hydrogens is 783 g/mol. The van der Waals surface area contributed by atoms with Gasteiger partial charge < -0.3 is 9.13 Å². The Kier molecular flexibility index (Phi) is 7.27. The summed E-state index contributed by atoms with van der Waals surface area (Å²) in [5.74, 6) is 1.68. The highest BCUT2D eigenvalue weighted by Gasteiger charge is 2.25. The van der Waals surface area contributed by atoms with Crippen LogP contribution in [-0.4, -0.2) is 33.2 Å². The Labute approximate surface area is 366 Å². The molecule has 0 aliphatic heterocycles. The molecule has 5 aromatic heterocycles. The van der Waals surface area contributed by atoms with Gasteiger partial charge in [0.15, 0.2) is 5.82 Å². The zero-order chi connectivity index (χ0) is 41.9. The van der Waals surface area contributed by atoms with Crippen LogP contribution in [0.1, 0.15) is 0 Å². The second kappa shape index (κ2) is 13.3. The number of hydrogen-bond donors (Lipinski definition) is 0. The molecule has 0 spiro atoms. The molecule has 0 fully saturated rings. The fourth-order valence-corrected chi connectivity index (χ4v) is 10.3. The molecule has 9 aromatic carbocycles. The second-order valence-corrected chi connectivity index (χ2v) is 16.5. The van der Waals surface area contributed by atoms with Crippen LogP contribution < -0.4 is 0 Å². The van der Waals surface area contributed by atoms with Gasteiger partial charge in [-0.25, -0.2) is 0 Å². The van der Waals surface area contributed by atoms with E-state index in [1.807, 2.05) is 18.2 Å². The van der Waals surface area contributed by atoms with Crippen LogP contribution in [0.15, 0.2) is 212 Å². The van der Waals surface area contributed by atoms with Gasteiger partial charge in [0.1, 0.15) is 0 Å². The normalized spacial score (nSPS) is 12.1. The van der Waals surface area contributed by atoms with Crippen molar-refractivity contribution in [3.05, 3.63) is 212 Å². The molecule has 14 aromatic rings. The molecule has 298 valence electrons. The van der Waals surface area contributed by atoms with E-state index in [9.17, 15) is 0 Å². The molecule has 7 heteroatoms. The molecule has 14 rings (SSSR count). The number of nitrogens with zero attached hydrogens (tertiary/aromatic N) is 7. The van der Waals surface area contributed by atoms with Crippen molar-refractivity contribution in [3.8, 4) is 34.7 Å². The van der Waals surface area contributed by atoms with Crippen molar-refractivity contribution in [1.82, 2.24) is 33.2 Å². The molecule has 0 aliphatic carbocycles. The third-order valence-electron chi connectivity index (χ3n) is 13.0. The van der Waals surface area contributed by atoms with Gasteiger partial charge in [0.2, 0.25) is 11.9 Å². The maximum absolute atomic E-state index is 5.59. The maximum atomic E-state index is 5.59. The Morgan fingerprint density at radius 1 is 0.250 bits per heavy atom. The lowest BCUT2D eigenvalue weighted by Crippen LogP contribution is -2.10. The molecule has 5 heterocycles. The first-order valence-corrected chi connectivity index (χ1v) is 21.6. The summed E-state index contributed by atoms with van der Waals surface area (Å²) in [5, 5.41) is 9.19. The molecule has 64 heavy (non-hydrogen) atoms. The van der Waals surface area contributed by atoms with Gasteiger partial charge in [0.05, 0.1) is 44.1 Å². The van der Waals surface area contributed by atoms with E-state index in [4.69, 9.17) is 15.0 Å². The van der Waals surface area contributed by atoms with E-state index < -0.39 is 0 Å². The van der Waals surface area contributed by atoms with Crippen molar-refractivity contribution < 1.29 is 0 Å². The summed E-state index contributed by atoms with van der Waals surface area (Å²) in [7, 11) is 0. The lowest BCUT2D eigenvalue weighted by atomic mass is 10.1. The Balaban J connectivity index is 1.13. The summed E-state index contributed by atoms with van der Waals surface area (Å²) in [5.41, 5.74) is 11.8. The van der Waals surface area contributed by atoms with Gasteiger partial charge in [-0.1, -0.05) is 152 Å². The molecular formula is C57H35N7. The molecule has 0 unspecified atom stereocenters. The SMILES string of the molecule is c1ccc(-c2nc(-n3c4ccccc4c4cc5c(cc43)c3ccccc3n5-c3ccccc3)nc(-n3c4ccccc4c4ccc5c6ccccc6n(-c6ccccc6)c5c43)n2)cc1. The molecule has 0 saturated heterocycles. The highest BCUT2D eigenvalue weighted by atomic mass is 15.3. The molecule has 0 N–H and O–H groups in total. The quantitative estimate of drug-likeness (QED) is 0.174. The topological polar surface area (TPSA) is 58.4 Å². The molecule has 7 nitrogen and oxygen atoms in total. The first-order chi connectivity index (χ1) is 31.8. The largest absolute Gasteiger partial charge is 0.309 e. The molecule has 0 radical (unpaired) electrons. The fraction of sp³-hybridized carbons (Fsp3) is 0. The minimum absolute atomic E-state index is 0.542. The van der Waals surface area contributed by atoms with Gasteiger partial charge in [-0.3, -0.25) is 9.13 Å². The third kappa shape index (κ3) is 4.89. The first kappa shape index (κ1) is 34.9. The van der Waals surface area contributed by atoms with Gasteiger partial charge in [0, 0.05) is 60.0 Å². The van der Waals surface area contributed by atoms with E-state index in [1.54, 1.807) is 0 Å². The lowest BCUT2D eigenvalue weighted by molar-refractivity contribution is 0.893. The number of rotatable bonds is 5. The van der Waals surface area contributed by atoms with Crippen molar-refractivity contribution in [3.63, 3.8) is 0 Å². The lowest BCUT2D eigenvalue weighted by Gasteiger charge is -2.14. The third-order valence-corrected chi connectivity index (χ3v) is 13.0. The van der Waals surface area contributed by atoms with Crippen LogP contribution in [0.5, 0.6) is 0 Å². The predicted molar refractivity (Wildman–Crippen MR) is 263 cm³/mol. The molecule has 0 aliphatic rings. The zero-order valence-corrected chi connectivity index (χ0v) is 34.3. The van der Waals surface area contributed by atoms with E-state index in [2.05, 4.69) is 212 Å². The van der Waals surface area contributed by atoms with Gasteiger partial charge in [-0.05, 0) is 60.7 Å². The van der Waals surface area contributed by atoms with Gasteiger partial charge in [0.25, 0.3) is 0 Å². The number of benzene rings is 9. The van der Waals surface area contributed by atoms with Crippen LogP contribution in [0.4, 0.5) is 0 Å². The second-order valence-electron chi connectivity index (χ2n) is 16.5. The minimum Gasteiger partial charge on any atom is -0.309 e. The average Bonchev–Trinajstić information content (AvgIpc) is 4.09. The Morgan fingerprint density at radius 2 is 0.625 bits per heavy atom. The standard InChI is InChI=1S/C57H35N7/c1-4-18-36(19-5-1)55-58-56(63-49-30-16-13-27-42(49)46-34-51-45(35-52(46)63)41-26-12-14-28-47(41)61(51)37-20-6-2-7-21-37)60-57(59-55)64-50-31-17-11-25-40(50)44-33-32-43-39-24-10-15-29-48(39)62(53(43)54(44)64)38-22-8-3-9-23-38/h1-35H. The predicted octanol–water partition coefficient (Wildman–Crippen LogP) is 13.9. The van der Waals surface area contributed by atoms with Gasteiger partial charge >= 0.3 is 0 Å². The average molecular weight is 818 g/mol. The van der Waals surface area contributed by atoms with Gasteiger partial charge in [-0.2, -0.15) is 15.0 Å². The summed E-state index contributed by atoms with van der Waals surface area (Å²) in [6, 6.07) is 75.4. The van der Waals surface area contributed by atoms with Gasteiger partial charge in [-0.15, -0.1) is 0 Å². The van der Waals surface area contributed by atoms with Crippen LogP contribution in [-0.2, 0) is 0 Å².